The molecule has 1 aromatic heterocycles. The first kappa shape index (κ1) is 13.0. The summed E-state index contributed by atoms with van der Waals surface area (Å²) in [5.74, 6) is 0. The molecule has 0 unspecified atom stereocenters. The van der Waals surface area contributed by atoms with Crippen molar-refractivity contribution in [2.45, 2.75) is 6.54 Å². The molecule has 108 valence electrons. The second-order valence-electron chi connectivity index (χ2n) is 5.72. The van der Waals surface area contributed by atoms with Crippen molar-refractivity contribution in [2.75, 3.05) is 0 Å². The molecule has 2 aromatic carbocycles. The van der Waals surface area contributed by atoms with Crippen LogP contribution < -0.4 is 0 Å². The zero-order chi connectivity index (χ0) is 14.9. The maximum absolute atomic E-state index is 2.24. The summed E-state index contributed by atoms with van der Waals surface area (Å²) in [5, 5.41) is 1.33. The lowest BCUT2D eigenvalue weighted by molar-refractivity contribution is 0.509. The fourth-order valence-electron chi connectivity index (χ4n) is 3.07. The van der Waals surface area contributed by atoms with Crippen LogP contribution in [0.4, 0.5) is 0 Å². The molecule has 0 radical (unpaired) electrons. The summed E-state index contributed by atoms with van der Waals surface area (Å²) in [4.78, 5) is 2.24. The van der Waals surface area contributed by atoms with Crippen molar-refractivity contribution in [1.82, 2.24) is 9.47 Å². The van der Waals surface area contributed by atoms with Crippen LogP contribution in [0.5, 0.6) is 0 Å². The Hall–Kier alpha value is -2.74. The molecule has 0 saturated carbocycles. The van der Waals surface area contributed by atoms with Crippen molar-refractivity contribution < 1.29 is 0 Å². The van der Waals surface area contributed by atoms with Crippen molar-refractivity contribution in [1.29, 1.82) is 0 Å². The van der Waals surface area contributed by atoms with Gasteiger partial charge in [0.25, 0.3) is 0 Å². The van der Waals surface area contributed by atoms with Gasteiger partial charge in [0.2, 0.25) is 0 Å². The Morgan fingerprint density at radius 3 is 2.18 bits per heavy atom. The van der Waals surface area contributed by atoms with Crippen molar-refractivity contribution in [3.8, 4) is 0 Å². The molecule has 4 rings (SSSR count). The van der Waals surface area contributed by atoms with Crippen LogP contribution in [0, 0.1) is 0 Å². The van der Waals surface area contributed by atoms with Gasteiger partial charge in [0.05, 0.1) is 0 Å². The lowest BCUT2D eigenvalue weighted by Gasteiger charge is -2.13. The summed E-state index contributed by atoms with van der Waals surface area (Å²) in [5.41, 5.74) is 5.15. The molecule has 0 amide bonds. The van der Waals surface area contributed by atoms with E-state index in [1.165, 1.54) is 27.6 Å². The number of aryl methyl sites for hydroxylation is 1. The van der Waals surface area contributed by atoms with E-state index in [9.17, 15) is 0 Å². The highest BCUT2D eigenvalue weighted by Gasteiger charge is 2.09. The van der Waals surface area contributed by atoms with E-state index < -0.39 is 0 Å². The highest BCUT2D eigenvalue weighted by atomic mass is 15.1. The minimum absolute atomic E-state index is 0.877. The van der Waals surface area contributed by atoms with Crippen LogP contribution in [0.25, 0.3) is 23.1 Å². The summed E-state index contributed by atoms with van der Waals surface area (Å²) in [6, 6.07) is 17.0. The van der Waals surface area contributed by atoms with Crippen LogP contribution in [0.15, 0.2) is 67.1 Å². The van der Waals surface area contributed by atoms with Gasteiger partial charge in [-0.3, -0.25) is 0 Å². The summed E-state index contributed by atoms with van der Waals surface area (Å²) in [7, 11) is 2.11. The highest BCUT2D eigenvalue weighted by molar-refractivity contribution is 5.83. The minimum atomic E-state index is 0.877. The summed E-state index contributed by atoms with van der Waals surface area (Å²) >= 11 is 0. The average molecular weight is 286 g/mol. The third-order valence-electron chi connectivity index (χ3n) is 4.22. The Morgan fingerprint density at radius 1 is 0.818 bits per heavy atom. The molecule has 0 atom stereocenters. The molecule has 0 N–H and O–H groups in total. The molecule has 22 heavy (non-hydrogen) atoms. The molecule has 1 aliphatic rings. The van der Waals surface area contributed by atoms with Crippen LogP contribution in [-0.4, -0.2) is 9.47 Å². The zero-order valence-corrected chi connectivity index (χ0v) is 12.6. The molecule has 3 aromatic rings. The SMILES string of the molecule is Cn1cc(CN2C=Cc3ccccc3C=C2)c2ccccc21. The van der Waals surface area contributed by atoms with Crippen molar-refractivity contribution in [3.05, 3.63) is 83.8 Å². The Bertz CT molecular complexity index is 851. The van der Waals surface area contributed by atoms with Crippen LogP contribution in [0.2, 0.25) is 0 Å². The van der Waals surface area contributed by atoms with Gasteiger partial charge in [0, 0.05) is 43.1 Å². The molecule has 0 saturated heterocycles. The van der Waals surface area contributed by atoms with Crippen LogP contribution in [-0.2, 0) is 13.6 Å². The second kappa shape index (κ2) is 5.23. The lowest BCUT2D eigenvalue weighted by Crippen LogP contribution is -2.07. The van der Waals surface area contributed by atoms with Gasteiger partial charge in [0.1, 0.15) is 0 Å². The van der Waals surface area contributed by atoms with Crippen LogP contribution in [0.1, 0.15) is 16.7 Å². The van der Waals surface area contributed by atoms with Gasteiger partial charge in [-0.05, 0) is 34.9 Å². The van der Waals surface area contributed by atoms with E-state index >= 15 is 0 Å². The molecule has 0 aliphatic carbocycles. The standard InChI is InChI=1S/C20H18N2/c1-21-14-18(19-8-4-5-9-20(19)21)15-22-12-10-16-6-2-3-7-17(16)11-13-22/h2-14H,15H2,1H3. The highest BCUT2D eigenvalue weighted by Crippen LogP contribution is 2.24. The first-order valence-corrected chi connectivity index (χ1v) is 7.55. The Labute approximate surface area is 130 Å². The fraction of sp³-hybridized carbons (Fsp3) is 0.100. The van der Waals surface area contributed by atoms with Gasteiger partial charge in [-0.25, -0.2) is 0 Å². The maximum Gasteiger partial charge on any atom is 0.0491 e. The molecule has 0 spiro atoms. The Kier molecular flexibility index (Phi) is 3.08. The van der Waals surface area contributed by atoms with Crippen molar-refractivity contribution in [2.24, 2.45) is 7.05 Å². The summed E-state index contributed by atoms with van der Waals surface area (Å²) < 4.78 is 2.20. The van der Waals surface area contributed by atoms with E-state index in [0.717, 1.165) is 6.54 Å². The molecule has 2 nitrogen and oxygen atoms in total. The number of fused-ring (bicyclic) bond motifs is 2. The van der Waals surface area contributed by atoms with Gasteiger partial charge in [-0.1, -0.05) is 42.5 Å². The topological polar surface area (TPSA) is 8.17 Å². The summed E-state index contributed by atoms with van der Waals surface area (Å²) in [6.45, 7) is 0.877. The largest absolute Gasteiger partial charge is 0.350 e. The van der Waals surface area contributed by atoms with E-state index in [1.54, 1.807) is 0 Å². The van der Waals surface area contributed by atoms with Gasteiger partial charge in [-0.2, -0.15) is 0 Å². The smallest absolute Gasteiger partial charge is 0.0491 e. The lowest BCUT2D eigenvalue weighted by atomic mass is 10.1. The molecule has 2 heterocycles. The number of benzene rings is 2. The molecule has 0 fully saturated rings. The minimum Gasteiger partial charge on any atom is -0.350 e. The number of aromatic nitrogens is 1. The van der Waals surface area contributed by atoms with Crippen molar-refractivity contribution in [3.63, 3.8) is 0 Å². The second-order valence-corrected chi connectivity index (χ2v) is 5.72. The number of para-hydroxylation sites is 1. The number of hydrogen-bond acceptors (Lipinski definition) is 1. The van der Waals surface area contributed by atoms with Gasteiger partial charge < -0.3 is 9.47 Å². The normalized spacial score (nSPS) is 13.4. The van der Waals surface area contributed by atoms with Gasteiger partial charge in [-0.15, -0.1) is 0 Å². The molecular weight excluding hydrogens is 268 g/mol. The van der Waals surface area contributed by atoms with Gasteiger partial charge in [0.15, 0.2) is 0 Å². The number of hydrogen-bond donors (Lipinski definition) is 0. The first-order valence-electron chi connectivity index (χ1n) is 7.55. The van der Waals surface area contributed by atoms with Crippen LogP contribution >= 0.6 is 0 Å². The predicted octanol–water partition coefficient (Wildman–Crippen LogP) is 4.64. The van der Waals surface area contributed by atoms with Crippen molar-refractivity contribution >= 4 is 23.1 Å². The molecule has 0 bridgehead atoms. The van der Waals surface area contributed by atoms with Gasteiger partial charge >= 0.3 is 0 Å². The van der Waals surface area contributed by atoms with E-state index in [0.29, 0.717) is 0 Å². The third-order valence-corrected chi connectivity index (χ3v) is 4.22. The fourth-order valence-corrected chi connectivity index (χ4v) is 3.07. The Morgan fingerprint density at radius 2 is 1.45 bits per heavy atom. The Balaban J connectivity index is 1.67. The number of nitrogens with zero attached hydrogens (tertiary/aromatic N) is 2. The van der Waals surface area contributed by atoms with E-state index in [4.69, 9.17) is 0 Å². The zero-order valence-electron chi connectivity index (χ0n) is 12.6. The maximum atomic E-state index is 2.24. The number of rotatable bonds is 2. The van der Waals surface area contributed by atoms with Crippen LogP contribution in [0.3, 0.4) is 0 Å². The molecular formula is C20H18N2. The monoisotopic (exact) mass is 286 g/mol. The predicted molar refractivity (Wildman–Crippen MR) is 93.0 cm³/mol. The molecule has 1 aliphatic heterocycles. The van der Waals surface area contributed by atoms with E-state index in [2.05, 4.69) is 95.8 Å². The average Bonchev–Trinajstić information content (AvgIpc) is 2.74. The summed E-state index contributed by atoms with van der Waals surface area (Å²) in [6.07, 6.45) is 10.9. The quantitative estimate of drug-likeness (QED) is 0.666. The van der Waals surface area contributed by atoms with E-state index in [1.807, 2.05) is 0 Å². The third kappa shape index (κ3) is 2.23. The molecule has 2 heteroatoms. The first-order chi connectivity index (χ1) is 10.8. The van der Waals surface area contributed by atoms with E-state index in [-0.39, 0.29) is 0 Å².